The quantitative estimate of drug-likeness (QED) is 0.802. The number of rotatable bonds is 2. The smallest absolute Gasteiger partial charge is 0.228 e. The lowest BCUT2D eigenvalue weighted by Gasteiger charge is -2.61. The van der Waals surface area contributed by atoms with Crippen molar-refractivity contribution in [1.82, 2.24) is 24.6 Å². The van der Waals surface area contributed by atoms with Crippen LogP contribution in [0, 0.1) is 17.3 Å². The molecule has 2 aliphatic heterocycles. The lowest BCUT2D eigenvalue weighted by atomic mass is 9.46. The molecule has 3 heterocycles. The van der Waals surface area contributed by atoms with Crippen LogP contribution in [0.1, 0.15) is 57.8 Å². The van der Waals surface area contributed by atoms with Gasteiger partial charge in [0.05, 0.1) is 11.0 Å². The molecular formula is C21H31N5O. The molecule has 4 saturated carbocycles. The molecule has 2 unspecified atom stereocenters. The molecule has 1 amide bonds. The summed E-state index contributed by atoms with van der Waals surface area (Å²) < 4.78 is 2.12. The van der Waals surface area contributed by atoms with E-state index in [2.05, 4.69) is 31.6 Å². The number of amides is 1. The Balaban J connectivity index is 1.31. The maximum Gasteiger partial charge on any atom is 0.228 e. The fraction of sp³-hybridized carbons (Fsp3) is 0.857. The van der Waals surface area contributed by atoms with Gasteiger partial charge in [-0.05, 0) is 76.7 Å². The molecule has 0 N–H and O–H groups in total. The van der Waals surface area contributed by atoms with Crippen molar-refractivity contribution in [2.45, 2.75) is 75.4 Å². The van der Waals surface area contributed by atoms with Crippen LogP contribution < -0.4 is 0 Å². The average molecular weight is 370 g/mol. The molecule has 2 saturated heterocycles. The number of carbonyl (C=O) groups excluding carboxylic acids is 1. The molecule has 6 atom stereocenters. The molecule has 6 nitrogen and oxygen atoms in total. The summed E-state index contributed by atoms with van der Waals surface area (Å²) in [5, 5.41) is 4.54. The van der Waals surface area contributed by atoms with E-state index in [0.29, 0.717) is 29.8 Å². The van der Waals surface area contributed by atoms with Gasteiger partial charge in [0.15, 0.2) is 0 Å². The van der Waals surface area contributed by atoms with E-state index in [4.69, 9.17) is 0 Å². The zero-order valence-corrected chi connectivity index (χ0v) is 16.4. The van der Waals surface area contributed by atoms with Crippen LogP contribution in [0.3, 0.4) is 0 Å². The molecule has 7 rings (SSSR count). The largest absolute Gasteiger partial charge is 0.341 e. The summed E-state index contributed by atoms with van der Waals surface area (Å²) in [5.74, 6) is 1.85. The van der Waals surface area contributed by atoms with Gasteiger partial charge in [-0.2, -0.15) is 5.10 Å². The number of nitrogens with zero attached hydrogens (tertiary/aromatic N) is 5. The van der Waals surface area contributed by atoms with E-state index < -0.39 is 0 Å². The molecule has 6 fully saturated rings. The molecule has 146 valence electrons. The van der Waals surface area contributed by atoms with Gasteiger partial charge in [0.1, 0.15) is 12.7 Å². The molecule has 6 bridgehead atoms. The molecule has 6 heteroatoms. The first-order chi connectivity index (χ1) is 13.1. The Morgan fingerprint density at radius 3 is 2.59 bits per heavy atom. The number of hydrogen-bond acceptors (Lipinski definition) is 4. The molecule has 27 heavy (non-hydrogen) atoms. The van der Waals surface area contributed by atoms with E-state index in [1.165, 1.54) is 32.1 Å². The van der Waals surface area contributed by atoms with Crippen molar-refractivity contribution in [2.75, 3.05) is 20.1 Å². The fourth-order valence-corrected chi connectivity index (χ4v) is 8.01. The molecule has 1 aromatic rings. The predicted molar refractivity (Wildman–Crippen MR) is 101 cm³/mol. The van der Waals surface area contributed by atoms with Crippen molar-refractivity contribution >= 4 is 5.91 Å². The van der Waals surface area contributed by atoms with Crippen molar-refractivity contribution in [3.63, 3.8) is 0 Å². The van der Waals surface area contributed by atoms with Crippen molar-refractivity contribution in [3.8, 4) is 0 Å². The zero-order chi connectivity index (χ0) is 18.2. The summed E-state index contributed by atoms with van der Waals surface area (Å²) in [5.41, 5.74) is -0.101. The summed E-state index contributed by atoms with van der Waals surface area (Å²) in [6.07, 6.45) is 14.2. The van der Waals surface area contributed by atoms with E-state index in [1.54, 1.807) is 6.33 Å². The SMILES string of the molecule is CN1[C@H]2CC[C@@H]1CN(C(=O)C13C[C@H]4C[C@@H](C1)CC(n1cncn1)(C4)C3)CC2. The second kappa shape index (κ2) is 5.56. The van der Waals surface area contributed by atoms with Crippen molar-refractivity contribution in [1.29, 1.82) is 0 Å². The predicted octanol–water partition coefficient (Wildman–Crippen LogP) is 2.27. The van der Waals surface area contributed by atoms with Crippen LogP contribution in [0.25, 0.3) is 0 Å². The first-order valence-electron chi connectivity index (χ1n) is 10.9. The van der Waals surface area contributed by atoms with E-state index in [1.807, 2.05) is 6.33 Å². The number of aromatic nitrogens is 3. The lowest BCUT2D eigenvalue weighted by Crippen LogP contribution is -2.62. The highest BCUT2D eigenvalue weighted by atomic mass is 16.2. The monoisotopic (exact) mass is 369 g/mol. The highest BCUT2D eigenvalue weighted by Crippen LogP contribution is 2.64. The zero-order valence-electron chi connectivity index (χ0n) is 16.4. The van der Waals surface area contributed by atoms with Gasteiger partial charge in [0, 0.05) is 25.2 Å². The van der Waals surface area contributed by atoms with Gasteiger partial charge in [0.2, 0.25) is 5.91 Å². The van der Waals surface area contributed by atoms with Crippen LogP contribution in [0.5, 0.6) is 0 Å². The van der Waals surface area contributed by atoms with Gasteiger partial charge in [-0.3, -0.25) is 9.69 Å². The second-order valence-electron chi connectivity index (χ2n) is 10.4. The van der Waals surface area contributed by atoms with Crippen molar-refractivity contribution < 1.29 is 4.79 Å². The Morgan fingerprint density at radius 1 is 1.07 bits per heavy atom. The molecule has 0 spiro atoms. The summed E-state index contributed by atoms with van der Waals surface area (Å²) in [6.45, 7) is 1.90. The number of likely N-dealkylation sites (N-methyl/N-ethyl adjacent to an activating group) is 1. The van der Waals surface area contributed by atoms with Crippen LogP contribution >= 0.6 is 0 Å². The molecular weight excluding hydrogens is 338 g/mol. The van der Waals surface area contributed by atoms with Crippen LogP contribution in [-0.4, -0.2) is 62.7 Å². The van der Waals surface area contributed by atoms with Gasteiger partial charge in [0.25, 0.3) is 0 Å². The van der Waals surface area contributed by atoms with E-state index >= 15 is 0 Å². The lowest BCUT2D eigenvalue weighted by molar-refractivity contribution is -0.167. The molecule has 4 aliphatic carbocycles. The van der Waals surface area contributed by atoms with E-state index in [0.717, 1.165) is 38.8 Å². The van der Waals surface area contributed by atoms with Crippen LogP contribution in [0.15, 0.2) is 12.7 Å². The third-order valence-electron chi connectivity index (χ3n) is 8.82. The summed E-state index contributed by atoms with van der Waals surface area (Å²) >= 11 is 0. The minimum absolute atomic E-state index is 0.0396. The highest BCUT2D eigenvalue weighted by Gasteiger charge is 2.62. The van der Waals surface area contributed by atoms with E-state index in [-0.39, 0.29) is 11.0 Å². The van der Waals surface area contributed by atoms with Crippen molar-refractivity contribution in [2.24, 2.45) is 17.3 Å². The summed E-state index contributed by atoms with van der Waals surface area (Å²) in [7, 11) is 2.26. The van der Waals surface area contributed by atoms with Crippen molar-refractivity contribution in [3.05, 3.63) is 12.7 Å². The standard InChI is InChI=1S/C21H31N5O/c1-24-17-2-3-18(24)11-25(5-4-17)19(27)20-7-15-6-16(8-20)10-21(9-15,12-20)26-14-22-13-23-26/h13-18H,2-12H2,1H3/t15-,16+,17-,18+,20?,21?/m0/s1. The third-order valence-corrected chi connectivity index (χ3v) is 8.82. The van der Waals surface area contributed by atoms with E-state index in [9.17, 15) is 4.79 Å². The van der Waals surface area contributed by atoms with Gasteiger partial charge in [-0.1, -0.05) is 0 Å². The number of fused-ring (bicyclic) bond motifs is 2. The van der Waals surface area contributed by atoms with Crippen LogP contribution in [0.2, 0.25) is 0 Å². The summed E-state index contributed by atoms with van der Waals surface area (Å²) in [6, 6.07) is 1.25. The summed E-state index contributed by atoms with van der Waals surface area (Å²) in [4.78, 5) is 23.0. The van der Waals surface area contributed by atoms with Gasteiger partial charge in [-0.15, -0.1) is 0 Å². The maximum atomic E-state index is 14.0. The average Bonchev–Trinajstić information content (AvgIpc) is 3.23. The first-order valence-corrected chi connectivity index (χ1v) is 10.9. The van der Waals surface area contributed by atoms with Gasteiger partial charge in [-0.25, -0.2) is 9.67 Å². The molecule has 0 aromatic carbocycles. The van der Waals surface area contributed by atoms with Gasteiger partial charge < -0.3 is 4.90 Å². The Morgan fingerprint density at radius 2 is 1.85 bits per heavy atom. The van der Waals surface area contributed by atoms with Crippen LogP contribution in [0.4, 0.5) is 0 Å². The molecule has 1 aromatic heterocycles. The number of likely N-dealkylation sites (tertiary alicyclic amines) is 1. The highest BCUT2D eigenvalue weighted by molar-refractivity contribution is 5.83. The maximum absolute atomic E-state index is 14.0. The molecule has 0 radical (unpaired) electrons. The Bertz CT molecular complexity index is 732. The number of carbonyl (C=O) groups is 1. The van der Waals surface area contributed by atoms with Gasteiger partial charge >= 0.3 is 0 Å². The third kappa shape index (κ3) is 2.31. The Hall–Kier alpha value is -1.43. The number of hydrogen-bond donors (Lipinski definition) is 0. The van der Waals surface area contributed by atoms with Crippen LogP contribution in [-0.2, 0) is 10.3 Å². The minimum Gasteiger partial charge on any atom is -0.341 e. The Kier molecular flexibility index (Phi) is 3.40. The second-order valence-corrected chi connectivity index (χ2v) is 10.4. The fourth-order valence-electron chi connectivity index (χ4n) is 8.01. The first kappa shape index (κ1) is 16.5. The normalized spacial score (nSPS) is 46.0. The Labute approximate surface area is 161 Å². The minimum atomic E-state index is -0.141. The topological polar surface area (TPSA) is 54.3 Å². The molecule has 6 aliphatic rings.